The van der Waals surface area contributed by atoms with E-state index in [2.05, 4.69) is 20.3 Å². The molecular weight excluding hydrogens is 334 g/mol. The van der Waals surface area contributed by atoms with Crippen LogP contribution < -0.4 is 0 Å². The molecule has 1 amide bonds. The number of H-pyrrole nitrogens is 1. The molecule has 2 atom stereocenters. The number of carbonyl (C=O) groups is 1. The number of methoxy groups -OCH3 is 1. The van der Waals surface area contributed by atoms with Crippen LogP contribution in [0.5, 0.6) is 0 Å². The van der Waals surface area contributed by atoms with E-state index in [1.54, 1.807) is 7.11 Å². The molecule has 5 rings (SSSR count). The SMILES string of the molecule is CO[C@@H]1C[C@@H](c2nc(C3CC3)n[nH]2)N(C(=O)c2noc3c2CCCC3)C1. The minimum Gasteiger partial charge on any atom is -0.380 e. The Kier molecular flexibility index (Phi) is 3.81. The van der Waals surface area contributed by atoms with E-state index in [1.807, 2.05) is 4.90 Å². The van der Waals surface area contributed by atoms with Gasteiger partial charge in [-0.25, -0.2) is 4.98 Å². The third-order valence-corrected chi connectivity index (χ3v) is 5.79. The lowest BCUT2D eigenvalue weighted by Gasteiger charge is -2.22. The van der Waals surface area contributed by atoms with Gasteiger partial charge in [0.25, 0.3) is 5.91 Å². The summed E-state index contributed by atoms with van der Waals surface area (Å²) in [4.78, 5) is 19.7. The number of aromatic amines is 1. The normalized spacial score (nSPS) is 25.5. The molecule has 1 saturated carbocycles. The zero-order chi connectivity index (χ0) is 17.7. The van der Waals surface area contributed by atoms with Crippen LogP contribution in [0.1, 0.15) is 77.5 Å². The maximum absolute atomic E-state index is 13.3. The van der Waals surface area contributed by atoms with Crippen LogP contribution >= 0.6 is 0 Å². The Balaban J connectivity index is 1.44. The molecule has 138 valence electrons. The standard InChI is InChI=1S/C18H23N5O3/c1-25-11-8-13(17-19-16(20-21-17)10-6-7-10)23(9-11)18(24)15-12-4-2-3-5-14(12)26-22-15/h10-11,13H,2-9H2,1H3,(H,19,20,21)/t11-,13+/m1/s1. The third kappa shape index (κ3) is 2.63. The summed E-state index contributed by atoms with van der Waals surface area (Å²) in [7, 11) is 1.68. The molecule has 8 nitrogen and oxygen atoms in total. The van der Waals surface area contributed by atoms with Crippen molar-refractivity contribution < 1.29 is 14.1 Å². The van der Waals surface area contributed by atoms with Gasteiger partial charge in [0, 0.05) is 38.0 Å². The lowest BCUT2D eigenvalue weighted by atomic mass is 9.96. The fourth-order valence-electron chi connectivity index (χ4n) is 4.10. The second-order valence-electron chi connectivity index (χ2n) is 7.56. The molecule has 26 heavy (non-hydrogen) atoms. The van der Waals surface area contributed by atoms with Crippen LogP contribution in [0.25, 0.3) is 0 Å². The van der Waals surface area contributed by atoms with Crippen LogP contribution in [0.3, 0.4) is 0 Å². The molecule has 0 bridgehead atoms. The predicted molar refractivity (Wildman–Crippen MR) is 90.7 cm³/mol. The molecule has 1 saturated heterocycles. The number of aromatic nitrogens is 4. The molecule has 3 heterocycles. The lowest BCUT2D eigenvalue weighted by molar-refractivity contribution is 0.0673. The zero-order valence-corrected chi connectivity index (χ0v) is 14.9. The zero-order valence-electron chi connectivity index (χ0n) is 14.9. The minimum absolute atomic E-state index is 0.0128. The fourth-order valence-corrected chi connectivity index (χ4v) is 4.10. The van der Waals surface area contributed by atoms with Crippen LogP contribution in [-0.2, 0) is 17.6 Å². The number of fused-ring (bicyclic) bond motifs is 1. The molecule has 0 radical (unpaired) electrons. The molecule has 0 aromatic carbocycles. The Labute approximate surface area is 151 Å². The number of hydrogen-bond acceptors (Lipinski definition) is 6. The van der Waals surface area contributed by atoms with Gasteiger partial charge in [0.2, 0.25) is 0 Å². The van der Waals surface area contributed by atoms with E-state index < -0.39 is 0 Å². The molecule has 0 spiro atoms. The predicted octanol–water partition coefficient (Wildman–Crippen LogP) is 2.15. The number of aryl methyl sites for hydroxylation is 1. The van der Waals surface area contributed by atoms with Gasteiger partial charge in [-0.1, -0.05) is 5.16 Å². The van der Waals surface area contributed by atoms with Gasteiger partial charge in [0.1, 0.15) is 11.6 Å². The van der Waals surface area contributed by atoms with Gasteiger partial charge in [-0.3, -0.25) is 9.89 Å². The van der Waals surface area contributed by atoms with E-state index in [1.165, 1.54) is 0 Å². The quantitative estimate of drug-likeness (QED) is 0.900. The Morgan fingerprint density at radius 2 is 2.15 bits per heavy atom. The number of likely N-dealkylation sites (tertiary alicyclic amines) is 1. The van der Waals surface area contributed by atoms with Crippen molar-refractivity contribution in [2.45, 2.75) is 63.0 Å². The molecule has 2 fully saturated rings. The van der Waals surface area contributed by atoms with Gasteiger partial charge >= 0.3 is 0 Å². The molecule has 3 aliphatic rings. The summed E-state index contributed by atoms with van der Waals surface area (Å²) in [6, 6.07) is -0.164. The van der Waals surface area contributed by atoms with Crippen molar-refractivity contribution in [3.05, 3.63) is 28.7 Å². The van der Waals surface area contributed by atoms with Crippen molar-refractivity contribution in [1.29, 1.82) is 0 Å². The first-order valence-electron chi connectivity index (χ1n) is 9.48. The molecule has 2 aromatic rings. The molecule has 2 aliphatic carbocycles. The van der Waals surface area contributed by atoms with Crippen LogP contribution in [0.2, 0.25) is 0 Å². The van der Waals surface area contributed by atoms with E-state index in [-0.39, 0.29) is 18.1 Å². The van der Waals surface area contributed by atoms with Gasteiger partial charge in [-0.05, 0) is 32.1 Å². The summed E-state index contributed by atoms with van der Waals surface area (Å²) in [6.07, 6.45) is 6.89. The van der Waals surface area contributed by atoms with E-state index in [0.29, 0.717) is 24.6 Å². The summed E-state index contributed by atoms with van der Waals surface area (Å²) in [5.74, 6) is 2.87. The Hall–Kier alpha value is -2.22. The first-order chi connectivity index (χ1) is 12.7. The van der Waals surface area contributed by atoms with E-state index in [9.17, 15) is 4.79 Å². The topological polar surface area (TPSA) is 97.1 Å². The number of nitrogens with one attached hydrogen (secondary N) is 1. The minimum atomic E-state index is -0.164. The first-order valence-corrected chi connectivity index (χ1v) is 9.48. The maximum atomic E-state index is 13.3. The van der Waals surface area contributed by atoms with Crippen LogP contribution in [-0.4, -0.2) is 50.9 Å². The summed E-state index contributed by atoms with van der Waals surface area (Å²) < 4.78 is 11.0. The van der Waals surface area contributed by atoms with Gasteiger partial charge in [0.05, 0.1) is 12.1 Å². The van der Waals surface area contributed by atoms with Crippen LogP contribution in [0.15, 0.2) is 4.52 Å². The average Bonchev–Trinajstić information content (AvgIpc) is 3.12. The second-order valence-corrected chi connectivity index (χ2v) is 7.56. The molecule has 2 aromatic heterocycles. The highest BCUT2D eigenvalue weighted by molar-refractivity contribution is 5.94. The van der Waals surface area contributed by atoms with Gasteiger partial charge < -0.3 is 14.2 Å². The number of carbonyl (C=O) groups excluding carboxylic acids is 1. The number of amides is 1. The van der Waals surface area contributed by atoms with Gasteiger partial charge in [0.15, 0.2) is 11.5 Å². The maximum Gasteiger partial charge on any atom is 0.277 e. The van der Waals surface area contributed by atoms with Gasteiger partial charge in [-0.15, -0.1) is 0 Å². The van der Waals surface area contributed by atoms with Crippen molar-refractivity contribution in [3.63, 3.8) is 0 Å². The van der Waals surface area contributed by atoms with E-state index in [4.69, 9.17) is 9.26 Å². The number of rotatable bonds is 4. The highest BCUT2D eigenvalue weighted by atomic mass is 16.5. The van der Waals surface area contributed by atoms with E-state index in [0.717, 1.165) is 61.5 Å². The Morgan fingerprint density at radius 3 is 2.96 bits per heavy atom. The monoisotopic (exact) mass is 357 g/mol. The summed E-state index contributed by atoms with van der Waals surface area (Å²) >= 11 is 0. The molecule has 1 N–H and O–H groups in total. The van der Waals surface area contributed by atoms with Crippen molar-refractivity contribution in [2.75, 3.05) is 13.7 Å². The third-order valence-electron chi connectivity index (χ3n) is 5.79. The summed E-state index contributed by atoms with van der Waals surface area (Å²) in [5, 5.41) is 11.5. The number of hydrogen-bond donors (Lipinski definition) is 1. The number of nitrogens with zero attached hydrogens (tertiary/aromatic N) is 4. The van der Waals surface area contributed by atoms with Crippen molar-refractivity contribution in [1.82, 2.24) is 25.2 Å². The Morgan fingerprint density at radius 1 is 1.31 bits per heavy atom. The van der Waals surface area contributed by atoms with Crippen LogP contribution in [0, 0.1) is 0 Å². The highest BCUT2D eigenvalue weighted by Gasteiger charge is 2.41. The average molecular weight is 357 g/mol. The largest absolute Gasteiger partial charge is 0.380 e. The molecule has 1 aliphatic heterocycles. The summed E-state index contributed by atoms with van der Waals surface area (Å²) in [5.41, 5.74) is 1.44. The van der Waals surface area contributed by atoms with Crippen molar-refractivity contribution in [2.24, 2.45) is 0 Å². The van der Waals surface area contributed by atoms with Crippen molar-refractivity contribution >= 4 is 5.91 Å². The van der Waals surface area contributed by atoms with Crippen LogP contribution in [0.4, 0.5) is 0 Å². The molecule has 0 unspecified atom stereocenters. The lowest BCUT2D eigenvalue weighted by Crippen LogP contribution is -2.33. The molecule has 8 heteroatoms. The highest BCUT2D eigenvalue weighted by Crippen LogP contribution is 2.40. The molecular formula is C18H23N5O3. The summed E-state index contributed by atoms with van der Waals surface area (Å²) in [6.45, 7) is 0.529. The van der Waals surface area contributed by atoms with Gasteiger partial charge in [-0.2, -0.15) is 5.10 Å². The van der Waals surface area contributed by atoms with E-state index >= 15 is 0 Å². The first kappa shape index (κ1) is 16.0. The van der Waals surface area contributed by atoms with Crippen molar-refractivity contribution in [3.8, 4) is 0 Å². The second kappa shape index (κ2) is 6.19. The fraction of sp³-hybridized carbons (Fsp3) is 0.667. The smallest absolute Gasteiger partial charge is 0.277 e. The number of ether oxygens (including phenoxy) is 1. The Bertz CT molecular complexity index is 825.